The SMILES string of the molecule is CCc1nc(C(=O)OC2(C3CC3)CC2)nn1-c1ccccc1Cl. The first kappa shape index (κ1) is 14.7. The summed E-state index contributed by atoms with van der Waals surface area (Å²) in [5.74, 6) is 0.938. The van der Waals surface area contributed by atoms with Crippen molar-refractivity contribution in [3.8, 4) is 5.69 Å². The molecule has 2 fully saturated rings. The Kier molecular flexibility index (Phi) is 3.41. The van der Waals surface area contributed by atoms with E-state index in [4.69, 9.17) is 16.3 Å². The van der Waals surface area contributed by atoms with Crippen molar-refractivity contribution in [2.45, 2.75) is 44.6 Å². The van der Waals surface area contributed by atoms with Crippen molar-refractivity contribution in [1.82, 2.24) is 14.8 Å². The number of carbonyl (C=O) groups is 1. The molecule has 2 aliphatic rings. The van der Waals surface area contributed by atoms with E-state index in [1.54, 1.807) is 10.7 Å². The molecule has 0 N–H and O–H groups in total. The highest BCUT2D eigenvalue weighted by atomic mass is 35.5. The number of hydrogen-bond acceptors (Lipinski definition) is 4. The number of nitrogens with zero attached hydrogens (tertiary/aromatic N) is 3. The largest absolute Gasteiger partial charge is 0.453 e. The Bertz CT molecular complexity index is 763. The molecule has 4 rings (SSSR count). The van der Waals surface area contributed by atoms with Crippen LogP contribution in [0.25, 0.3) is 5.69 Å². The zero-order chi connectivity index (χ0) is 16.0. The number of halogens is 1. The molecule has 2 aromatic rings. The maximum Gasteiger partial charge on any atom is 0.378 e. The van der Waals surface area contributed by atoms with Crippen LogP contribution in [-0.2, 0) is 11.2 Å². The van der Waals surface area contributed by atoms with Gasteiger partial charge in [-0.3, -0.25) is 0 Å². The minimum Gasteiger partial charge on any atom is -0.453 e. The Hall–Kier alpha value is -1.88. The van der Waals surface area contributed by atoms with E-state index in [2.05, 4.69) is 10.1 Å². The summed E-state index contributed by atoms with van der Waals surface area (Å²) in [5, 5.41) is 4.92. The number of aromatic nitrogens is 3. The molecule has 1 aromatic carbocycles. The number of hydrogen-bond donors (Lipinski definition) is 0. The highest BCUT2D eigenvalue weighted by Gasteiger charge is 2.57. The van der Waals surface area contributed by atoms with Crippen molar-refractivity contribution in [1.29, 1.82) is 0 Å². The highest BCUT2D eigenvalue weighted by molar-refractivity contribution is 6.32. The molecule has 1 heterocycles. The van der Waals surface area contributed by atoms with Gasteiger partial charge in [-0.15, -0.1) is 5.10 Å². The molecule has 0 atom stereocenters. The van der Waals surface area contributed by atoms with Crippen LogP contribution in [0, 0.1) is 5.92 Å². The Morgan fingerprint density at radius 2 is 2.13 bits per heavy atom. The van der Waals surface area contributed by atoms with Crippen molar-refractivity contribution >= 4 is 17.6 Å². The lowest BCUT2D eigenvalue weighted by Crippen LogP contribution is -2.22. The number of benzene rings is 1. The second-order valence-corrected chi connectivity index (χ2v) is 6.70. The molecule has 6 heteroatoms. The zero-order valence-electron chi connectivity index (χ0n) is 13.0. The van der Waals surface area contributed by atoms with Crippen LogP contribution in [0.5, 0.6) is 0 Å². The van der Waals surface area contributed by atoms with Crippen LogP contribution in [-0.4, -0.2) is 26.3 Å². The average Bonchev–Trinajstić information content (AvgIpc) is 3.46. The van der Waals surface area contributed by atoms with Crippen molar-refractivity contribution in [3.63, 3.8) is 0 Å². The van der Waals surface area contributed by atoms with Gasteiger partial charge in [0.2, 0.25) is 0 Å². The van der Waals surface area contributed by atoms with Crippen molar-refractivity contribution < 1.29 is 9.53 Å². The number of esters is 1. The van der Waals surface area contributed by atoms with E-state index in [1.807, 2.05) is 25.1 Å². The van der Waals surface area contributed by atoms with Crippen LogP contribution >= 0.6 is 11.6 Å². The predicted molar refractivity (Wildman–Crippen MR) is 85.9 cm³/mol. The third kappa shape index (κ3) is 2.63. The van der Waals surface area contributed by atoms with Gasteiger partial charge in [0.25, 0.3) is 5.82 Å². The summed E-state index contributed by atoms with van der Waals surface area (Å²) < 4.78 is 7.36. The molecule has 2 aliphatic carbocycles. The third-order valence-corrected chi connectivity index (χ3v) is 4.93. The van der Waals surface area contributed by atoms with E-state index in [9.17, 15) is 4.79 Å². The van der Waals surface area contributed by atoms with Gasteiger partial charge in [-0.25, -0.2) is 14.5 Å². The van der Waals surface area contributed by atoms with E-state index < -0.39 is 5.97 Å². The van der Waals surface area contributed by atoms with E-state index >= 15 is 0 Å². The van der Waals surface area contributed by atoms with Gasteiger partial charge in [0, 0.05) is 6.42 Å². The molecule has 0 aliphatic heterocycles. The Labute approximate surface area is 139 Å². The van der Waals surface area contributed by atoms with Gasteiger partial charge in [-0.2, -0.15) is 0 Å². The van der Waals surface area contributed by atoms with Gasteiger partial charge in [0.15, 0.2) is 0 Å². The van der Waals surface area contributed by atoms with Gasteiger partial charge < -0.3 is 4.74 Å². The van der Waals surface area contributed by atoms with E-state index in [1.165, 1.54) is 0 Å². The number of para-hydroxylation sites is 1. The lowest BCUT2D eigenvalue weighted by molar-refractivity contribution is 0.0146. The molecule has 0 spiro atoms. The smallest absolute Gasteiger partial charge is 0.378 e. The summed E-state index contributed by atoms with van der Waals surface area (Å²) in [6.45, 7) is 1.97. The molecule has 1 aromatic heterocycles. The molecule has 2 saturated carbocycles. The van der Waals surface area contributed by atoms with Crippen LogP contribution in [0.2, 0.25) is 5.02 Å². The van der Waals surface area contributed by atoms with Crippen molar-refractivity contribution in [2.75, 3.05) is 0 Å². The van der Waals surface area contributed by atoms with Crippen LogP contribution < -0.4 is 0 Å². The quantitative estimate of drug-likeness (QED) is 0.786. The Morgan fingerprint density at radius 3 is 2.74 bits per heavy atom. The average molecular weight is 332 g/mol. The molecule has 120 valence electrons. The molecule has 5 nitrogen and oxygen atoms in total. The topological polar surface area (TPSA) is 57.0 Å². The summed E-state index contributed by atoms with van der Waals surface area (Å²) >= 11 is 6.24. The number of aryl methyl sites for hydroxylation is 1. The van der Waals surface area contributed by atoms with Gasteiger partial charge in [0.05, 0.1) is 10.7 Å². The van der Waals surface area contributed by atoms with Crippen molar-refractivity contribution in [3.05, 3.63) is 40.9 Å². The van der Waals surface area contributed by atoms with Gasteiger partial charge in [-0.1, -0.05) is 30.7 Å². The van der Waals surface area contributed by atoms with Crippen LogP contribution in [0.1, 0.15) is 49.1 Å². The molecule has 23 heavy (non-hydrogen) atoms. The lowest BCUT2D eigenvalue weighted by atomic mass is 10.2. The summed E-state index contributed by atoms with van der Waals surface area (Å²) in [6.07, 6.45) is 4.91. The van der Waals surface area contributed by atoms with E-state index in [0.717, 1.165) is 31.4 Å². The van der Waals surface area contributed by atoms with Gasteiger partial charge >= 0.3 is 5.97 Å². The highest BCUT2D eigenvalue weighted by Crippen LogP contribution is 2.56. The Morgan fingerprint density at radius 1 is 1.39 bits per heavy atom. The summed E-state index contributed by atoms with van der Waals surface area (Å²) in [4.78, 5) is 16.8. The fraction of sp³-hybridized carbons (Fsp3) is 0.471. The van der Waals surface area contributed by atoms with Gasteiger partial charge in [0.1, 0.15) is 11.4 Å². The maximum atomic E-state index is 12.4. The summed E-state index contributed by atoms with van der Waals surface area (Å²) in [5.41, 5.74) is 0.500. The first-order valence-corrected chi connectivity index (χ1v) is 8.45. The third-order valence-electron chi connectivity index (χ3n) is 4.61. The molecule has 0 unspecified atom stereocenters. The maximum absolute atomic E-state index is 12.4. The summed E-state index contributed by atoms with van der Waals surface area (Å²) in [7, 11) is 0. The number of carbonyl (C=O) groups excluding carboxylic acids is 1. The van der Waals surface area contributed by atoms with Crippen LogP contribution in [0.15, 0.2) is 24.3 Å². The first-order chi connectivity index (χ1) is 11.1. The fourth-order valence-electron chi connectivity index (χ4n) is 3.03. The summed E-state index contributed by atoms with van der Waals surface area (Å²) in [6, 6.07) is 7.39. The number of ether oxygens (including phenoxy) is 1. The fourth-order valence-corrected chi connectivity index (χ4v) is 3.25. The van der Waals surface area contributed by atoms with E-state index in [-0.39, 0.29) is 11.4 Å². The molecular formula is C17H18ClN3O2. The monoisotopic (exact) mass is 331 g/mol. The van der Waals surface area contributed by atoms with E-state index in [0.29, 0.717) is 23.2 Å². The van der Waals surface area contributed by atoms with Crippen LogP contribution in [0.4, 0.5) is 0 Å². The minimum atomic E-state index is -0.421. The second kappa shape index (κ2) is 5.34. The minimum absolute atomic E-state index is 0.119. The molecule has 0 radical (unpaired) electrons. The zero-order valence-corrected chi connectivity index (χ0v) is 13.7. The Balaban J connectivity index is 1.63. The number of rotatable bonds is 5. The van der Waals surface area contributed by atoms with Crippen LogP contribution in [0.3, 0.4) is 0 Å². The molecule has 0 saturated heterocycles. The van der Waals surface area contributed by atoms with Gasteiger partial charge in [-0.05, 0) is 43.7 Å². The van der Waals surface area contributed by atoms with Crippen molar-refractivity contribution in [2.24, 2.45) is 5.92 Å². The molecular weight excluding hydrogens is 314 g/mol. The first-order valence-electron chi connectivity index (χ1n) is 8.07. The molecule has 0 bridgehead atoms. The normalized spacial score (nSPS) is 18.7. The predicted octanol–water partition coefficient (Wildman–Crippen LogP) is 3.58. The molecule has 0 amide bonds. The lowest BCUT2D eigenvalue weighted by Gasteiger charge is -2.13. The standard InChI is InChI=1S/C17H18ClN3O2/c1-2-14-19-15(16(22)23-17(9-10-17)11-7-8-11)20-21(14)13-6-4-3-5-12(13)18/h3-6,11H,2,7-10H2,1H3. The second-order valence-electron chi connectivity index (χ2n) is 6.30.